The minimum Gasteiger partial charge on any atom is -0.394 e. The Morgan fingerprint density at radius 2 is 2.00 bits per heavy atom. The van der Waals surface area contributed by atoms with Crippen LogP contribution >= 0.6 is 0 Å². The fourth-order valence-corrected chi connectivity index (χ4v) is 1.55. The third-order valence-corrected chi connectivity index (χ3v) is 2.61. The lowest BCUT2D eigenvalue weighted by atomic mass is 9.96. The highest BCUT2D eigenvalue weighted by Crippen LogP contribution is 2.19. The first-order chi connectivity index (χ1) is 8.42. The molecule has 0 aromatic heterocycles. The van der Waals surface area contributed by atoms with Gasteiger partial charge in [0.2, 0.25) is 0 Å². The number of nitrogens with one attached hydrogen (secondary N) is 1. The molecule has 2 amide bonds. The topological polar surface area (TPSA) is 152 Å². The van der Waals surface area contributed by atoms with Gasteiger partial charge in [0.1, 0.15) is 18.3 Å². The minimum atomic E-state index is -1.68. The van der Waals surface area contributed by atoms with E-state index in [9.17, 15) is 25.0 Å². The van der Waals surface area contributed by atoms with E-state index >= 15 is 0 Å². The monoisotopic (exact) mass is 265 g/mol. The summed E-state index contributed by atoms with van der Waals surface area (Å²) in [7, 11) is 1.07. The van der Waals surface area contributed by atoms with Crippen LogP contribution in [0.25, 0.3) is 0 Å². The molecule has 0 aromatic rings. The molecule has 1 rings (SSSR count). The van der Waals surface area contributed by atoms with Crippen molar-refractivity contribution >= 4 is 6.03 Å². The Bertz CT molecular complexity index is 315. The summed E-state index contributed by atoms with van der Waals surface area (Å²) in [6.07, 6.45) is -5.89. The summed E-state index contributed by atoms with van der Waals surface area (Å²) in [5.41, 5.74) is 0. The molecule has 1 saturated heterocycles. The molecule has 0 radical (unpaired) electrons. The summed E-state index contributed by atoms with van der Waals surface area (Å²) >= 11 is 0. The van der Waals surface area contributed by atoms with Gasteiger partial charge in [0.15, 0.2) is 6.29 Å². The number of rotatable bonds is 3. The lowest BCUT2D eigenvalue weighted by Crippen LogP contribution is -2.65. The fraction of sp³-hybridized carbons (Fsp3) is 0.875. The van der Waals surface area contributed by atoms with Crippen molar-refractivity contribution in [1.82, 2.24) is 10.3 Å². The second kappa shape index (κ2) is 6.02. The maximum absolute atomic E-state index is 11.3. The first kappa shape index (κ1) is 14.7. The SMILES string of the molecule is CN(N=O)C(=O)N[C@@H]1[C@@H](O)[C@@H](O)O[C@H](CO)[C@H]1O. The van der Waals surface area contributed by atoms with E-state index in [1.54, 1.807) is 0 Å². The van der Waals surface area contributed by atoms with Gasteiger partial charge in [0.25, 0.3) is 0 Å². The number of ether oxygens (including phenoxy) is 1. The zero-order valence-electron chi connectivity index (χ0n) is 9.50. The quantitative estimate of drug-likeness (QED) is 0.271. The highest BCUT2D eigenvalue weighted by atomic mass is 16.6. The second-order valence-corrected chi connectivity index (χ2v) is 3.81. The molecule has 104 valence electrons. The Balaban J connectivity index is 2.76. The van der Waals surface area contributed by atoms with E-state index in [-0.39, 0.29) is 0 Å². The first-order valence-electron chi connectivity index (χ1n) is 5.10. The number of carbonyl (C=O) groups is 1. The number of urea groups is 1. The third-order valence-electron chi connectivity index (χ3n) is 2.61. The molecule has 0 unspecified atom stereocenters. The Hall–Kier alpha value is -1.33. The number of nitroso groups, excluding NO2 is 1. The molecule has 10 nitrogen and oxygen atoms in total. The smallest absolute Gasteiger partial charge is 0.340 e. The molecular weight excluding hydrogens is 250 g/mol. The molecule has 5 N–H and O–H groups in total. The number of aliphatic hydroxyl groups is 4. The van der Waals surface area contributed by atoms with Crippen LogP contribution in [0.2, 0.25) is 0 Å². The average Bonchev–Trinajstić information content (AvgIpc) is 2.37. The van der Waals surface area contributed by atoms with Crippen LogP contribution in [0, 0.1) is 4.91 Å². The number of hydrogen-bond acceptors (Lipinski definition) is 8. The molecule has 5 atom stereocenters. The van der Waals surface area contributed by atoms with Crippen LogP contribution in [-0.4, -0.2) is 75.8 Å². The minimum absolute atomic E-state index is 0.412. The maximum atomic E-state index is 11.3. The average molecular weight is 265 g/mol. The van der Waals surface area contributed by atoms with E-state index in [0.717, 1.165) is 7.05 Å². The third kappa shape index (κ3) is 2.91. The van der Waals surface area contributed by atoms with Crippen LogP contribution in [0.3, 0.4) is 0 Å². The van der Waals surface area contributed by atoms with Gasteiger partial charge in [0.05, 0.1) is 17.9 Å². The van der Waals surface area contributed by atoms with Gasteiger partial charge in [-0.3, -0.25) is 0 Å². The zero-order chi connectivity index (χ0) is 13.9. The molecule has 0 spiro atoms. The van der Waals surface area contributed by atoms with Crippen LogP contribution in [0.15, 0.2) is 5.29 Å². The molecule has 1 aliphatic rings. The van der Waals surface area contributed by atoms with Gasteiger partial charge in [-0.15, -0.1) is 4.91 Å². The Morgan fingerprint density at radius 3 is 2.50 bits per heavy atom. The van der Waals surface area contributed by atoms with Crippen molar-refractivity contribution in [2.75, 3.05) is 13.7 Å². The number of nitrogens with zero attached hydrogens (tertiary/aromatic N) is 2. The summed E-state index contributed by atoms with van der Waals surface area (Å²) in [6.45, 7) is -0.612. The van der Waals surface area contributed by atoms with Gasteiger partial charge in [-0.1, -0.05) is 0 Å². The van der Waals surface area contributed by atoms with Gasteiger partial charge in [-0.2, -0.15) is 5.01 Å². The van der Waals surface area contributed by atoms with Crippen LogP contribution in [0.5, 0.6) is 0 Å². The zero-order valence-corrected chi connectivity index (χ0v) is 9.50. The normalized spacial score (nSPS) is 35.9. The Kier molecular flexibility index (Phi) is 4.93. The van der Waals surface area contributed by atoms with E-state index in [0.29, 0.717) is 5.01 Å². The van der Waals surface area contributed by atoms with E-state index in [2.05, 4.69) is 10.6 Å². The standard InChI is InChI=1S/C8H15N3O7/c1-11(10-17)8(16)9-4-5(13)3(2-12)18-7(15)6(4)14/h3-7,12-15H,2H2,1H3,(H,9,16)/t3-,4+,5-,6-,7+/m1/s1. The van der Waals surface area contributed by atoms with Crippen molar-refractivity contribution in [3.05, 3.63) is 4.91 Å². The van der Waals surface area contributed by atoms with Crippen LogP contribution in [0.1, 0.15) is 0 Å². The summed E-state index contributed by atoms with van der Waals surface area (Å²) in [5.74, 6) is 0. The van der Waals surface area contributed by atoms with Crippen molar-refractivity contribution in [2.45, 2.75) is 30.6 Å². The fourth-order valence-electron chi connectivity index (χ4n) is 1.55. The highest BCUT2D eigenvalue weighted by Gasteiger charge is 2.44. The Labute approximate surface area is 102 Å². The summed E-state index contributed by atoms with van der Waals surface area (Å²) in [4.78, 5) is 21.5. The van der Waals surface area contributed by atoms with Gasteiger partial charge in [-0.05, 0) is 0 Å². The van der Waals surface area contributed by atoms with Crippen LogP contribution < -0.4 is 5.32 Å². The maximum Gasteiger partial charge on any atom is 0.340 e. The van der Waals surface area contributed by atoms with Crippen molar-refractivity contribution in [2.24, 2.45) is 5.29 Å². The second-order valence-electron chi connectivity index (χ2n) is 3.81. The lowest BCUT2D eigenvalue weighted by Gasteiger charge is -2.40. The van der Waals surface area contributed by atoms with Gasteiger partial charge in [-0.25, -0.2) is 4.79 Å². The van der Waals surface area contributed by atoms with Crippen LogP contribution in [0.4, 0.5) is 4.79 Å². The first-order valence-corrected chi connectivity index (χ1v) is 5.10. The van der Waals surface area contributed by atoms with Crippen molar-refractivity contribution in [3.63, 3.8) is 0 Å². The molecule has 1 aliphatic heterocycles. The van der Waals surface area contributed by atoms with E-state index < -0.39 is 43.3 Å². The molecule has 18 heavy (non-hydrogen) atoms. The van der Waals surface area contributed by atoms with E-state index in [1.807, 2.05) is 0 Å². The molecule has 10 heteroatoms. The molecular formula is C8H15N3O7. The van der Waals surface area contributed by atoms with Gasteiger partial charge < -0.3 is 30.5 Å². The number of amides is 2. The van der Waals surface area contributed by atoms with Crippen LogP contribution in [-0.2, 0) is 4.74 Å². The number of aliphatic hydroxyl groups excluding tert-OH is 4. The molecule has 1 fully saturated rings. The van der Waals surface area contributed by atoms with E-state index in [1.165, 1.54) is 0 Å². The molecule has 0 aliphatic carbocycles. The van der Waals surface area contributed by atoms with Crippen molar-refractivity contribution in [1.29, 1.82) is 0 Å². The summed E-state index contributed by atoms with van der Waals surface area (Å²) in [6, 6.07) is -2.28. The Morgan fingerprint density at radius 1 is 1.39 bits per heavy atom. The van der Waals surface area contributed by atoms with Gasteiger partial charge >= 0.3 is 6.03 Å². The largest absolute Gasteiger partial charge is 0.394 e. The van der Waals surface area contributed by atoms with E-state index in [4.69, 9.17) is 9.84 Å². The summed E-state index contributed by atoms with van der Waals surface area (Å²) < 4.78 is 4.71. The molecule has 1 heterocycles. The van der Waals surface area contributed by atoms with Gasteiger partial charge in [0, 0.05) is 7.05 Å². The predicted molar refractivity (Wildman–Crippen MR) is 55.9 cm³/mol. The number of carbonyl (C=O) groups excluding carboxylic acids is 1. The highest BCUT2D eigenvalue weighted by molar-refractivity contribution is 5.73. The van der Waals surface area contributed by atoms with Crippen molar-refractivity contribution < 1.29 is 30.0 Å². The molecule has 0 bridgehead atoms. The summed E-state index contributed by atoms with van der Waals surface area (Å²) in [5, 5.41) is 42.4. The molecule has 0 saturated carbocycles. The number of hydrogen-bond donors (Lipinski definition) is 5. The van der Waals surface area contributed by atoms with Crippen molar-refractivity contribution in [3.8, 4) is 0 Å². The lowest BCUT2D eigenvalue weighted by molar-refractivity contribution is -0.260. The molecule has 0 aromatic carbocycles. The predicted octanol–water partition coefficient (Wildman–Crippen LogP) is -2.89.